The van der Waals surface area contributed by atoms with Crippen LogP contribution >= 0.6 is 0 Å². The first-order valence-corrected chi connectivity index (χ1v) is 7.61. The third-order valence-corrected chi connectivity index (χ3v) is 4.36. The number of fused-ring (bicyclic) bond motifs is 3. The summed E-state index contributed by atoms with van der Waals surface area (Å²) in [7, 11) is 1.93. The maximum atomic E-state index is 14.1. The van der Waals surface area contributed by atoms with Crippen LogP contribution in [0.4, 0.5) is 4.39 Å². The molecule has 2 aromatic heterocycles. The number of benzene rings is 2. The van der Waals surface area contributed by atoms with E-state index in [2.05, 4.69) is 6.07 Å². The third kappa shape index (κ3) is 1.92. The number of nitriles is 1. The van der Waals surface area contributed by atoms with E-state index in [-0.39, 0.29) is 5.58 Å². The molecular weight excluding hydrogens is 303 g/mol. The molecule has 3 nitrogen and oxygen atoms in total. The molecule has 24 heavy (non-hydrogen) atoms. The lowest BCUT2D eigenvalue weighted by molar-refractivity contribution is -0.660. The predicted molar refractivity (Wildman–Crippen MR) is 89.7 cm³/mol. The quantitative estimate of drug-likeness (QED) is 0.488. The fraction of sp³-hybridized carbons (Fsp3) is 0.100. The van der Waals surface area contributed by atoms with Crippen molar-refractivity contribution in [1.82, 2.24) is 0 Å². The minimum Gasteiger partial charge on any atom is -0.452 e. The van der Waals surface area contributed by atoms with Crippen molar-refractivity contribution in [2.45, 2.75) is 6.92 Å². The van der Waals surface area contributed by atoms with E-state index in [4.69, 9.17) is 4.42 Å². The number of furan rings is 1. The molecule has 0 bridgehead atoms. The van der Waals surface area contributed by atoms with E-state index in [0.29, 0.717) is 16.5 Å². The highest BCUT2D eigenvalue weighted by atomic mass is 19.1. The van der Waals surface area contributed by atoms with Gasteiger partial charge in [0.2, 0.25) is 5.69 Å². The summed E-state index contributed by atoms with van der Waals surface area (Å²) in [5.41, 5.74) is 3.73. The van der Waals surface area contributed by atoms with Gasteiger partial charge in [0, 0.05) is 22.9 Å². The average Bonchev–Trinajstić information content (AvgIpc) is 2.94. The highest BCUT2D eigenvalue weighted by Crippen LogP contribution is 2.37. The van der Waals surface area contributed by atoms with Gasteiger partial charge >= 0.3 is 0 Å². The summed E-state index contributed by atoms with van der Waals surface area (Å²) in [6, 6.07) is 14.9. The normalized spacial score (nSPS) is 11.1. The van der Waals surface area contributed by atoms with Crippen molar-refractivity contribution in [2.24, 2.45) is 7.05 Å². The zero-order valence-corrected chi connectivity index (χ0v) is 13.3. The van der Waals surface area contributed by atoms with Crippen molar-refractivity contribution < 1.29 is 13.4 Å². The van der Waals surface area contributed by atoms with Crippen molar-refractivity contribution >= 4 is 21.9 Å². The highest BCUT2D eigenvalue weighted by Gasteiger charge is 2.23. The smallest absolute Gasteiger partial charge is 0.214 e. The molecule has 0 radical (unpaired) electrons. The van der Waals surface area contributed by atoms with Gasteiger partial charge in [0.1, 0.15) is 18.7 Å². The number of hydrogen-bond acceptors (Lipinski definition) is 2. The molecule has 0 N–H and O–H groups in total. The molecule has 4 aromatic rings. The molecule has 0 unspecified atom stereocenters. The topological polar surface area (TPSA) is 40.8 Å². The van der Waals surface area contributed by atoms with E-state index in [9.17, 15) is 9.65 Å². The van der Waals surface area contributed by atoms with E-state index in [1.807, 2.05) is 55.1 Å². The number of para-hydroxylation sites is 1. The first-order valence-electron chi connectivity index (χ1n) is 7.61. The molecule has 116 valence electrons. The van der Waals surface area contributed by atoms with Crippen LogP contribution in [0, 0.1) is 24.1 Å². The fourth-order valence-electron chi connectivity index (χ4n) is 3.25. The molecule has 0 aliphatic rings. The van der Waals surface area contributed by atoms with Gasteiger partial charge in [0.15, 0.2) is 23.2 Å². The number of hydrogen-bond donors (Lipinski definition) is 0. The first-order chi connectivity index (χ1) is 11.6. The van der Waals surface area contributed by atoms with Gasteiger partial charge in [-0.2, -0.15) is 5.26 Å². The molecule has 0 aliphatic heterocycles. The van der Waals surface area contributed by atoms with Gasteiger partial charge in [0.05, 0.1) is 5.56 Å². The molecular formula is C20H14FN2O+. The Morgan fingerprint density at radius 1 is 1.08 bits per heavy atom. The Hall–Kier alpha value is -3.19. The van der Waals surface area contributed by atoms with Crippen molar-refractivity contribution in [3.8, 4) is 17.3 Å². The second-order valence-electron chi connectivity index (χ2n) is 5.85. The van der Waals surface area contributed by atoms with Crippen molar-refractivity contribution in [2.75, 3.05) is 0 Å². The molecule has 0 saturated heterocycles. The first kappa shape index (κ1) is 14.4. The van der Waals surface area contributed by atoms with Gasteiger partial charge in [-0.25, -0.2) is 8.96 Å². The summed E-state index contributed by atoms with van der Waals surface area (Å²) in [4.78, 5) is 0. The van der Waals surface area contributed by atoms with Crippen molar-refractivity contribution in [3.63, 3.8) is 0 Å². The van der Waals surface area contributed by atoms with Crippen molar-refractivity contribution in [3.05, 3.63) is 65.6 Å². The Kier molecular flexibility index (Phi) is 3.10. The lowest BCUT2D eigenvalue weighted by Gasteiger charge is -2.07. The van der Waals surface area contributed by atoms with Crippen molar-refractivity contribution in [1.29, 1.82) is 5.26 Å². The molecule has 4 rings (SSSR count). The van der Waals surface area contributed by atoms with E-state index >= 15 is 0 Å². The molecule has 0 atom stereocenters. The van der Waals surface area contributed by atoms with Crippen LogP contribution in [0.15, 0.2) is 53.1 Å². The molecule has 0 saturated carbocycles. The van der Waals surface area contributed by atoms with Crippen LogP contribution in [0.1, 0.15) is 11.1 Å². The summed E-state index contributed by atoms with van der Waals surface area (Å²) in [5.74, 6) is -0.419. The monoisotopic (exact) mass is 317 g/mol. The summed E-state index contributed by atoms with van der Waals surface area (Å²) in [5, 5.41) is 11.2. The Balaban J connectivity index is 2.20. The third-order valence-electron chi connectivity index (χ3n) is 4.36. The van der Waals surface area contributed by atoms with E-state index in [0.717, 1.165) is 22.2 Å². The van der Waals surface area contributed by atoms with Gasteiger partial charge in [-0.3, -0.25) is 0 Å². The maximum absolute atomic E-state index is 14.1. The van der Waals surface area contributed by atoms with Gasteiger partial charge in [0.25, 0.3) is 0 Å². The number of rotatable bonds is 1. The van der Waals surface area contributed by atoms with Crippen LogP contribution in [0.5, 0.6) is 0 Å². The summed E-state index contributed by atoms with van der Waals surface area (Å²) in [6.45, 7) is 1.96. The number of aryl methyl sites for hydroxylation is 2. The lowest BCUT2D eigenvalue weighted by Crippen LogP contribution is -2.30. The van der Waals surface area contributed by atoms with Gasteiger partial charge in [-0.1, -0.05) is 12.1 Å². The van der Waals surface area contributed by atoms with Gasteiger partial charge in [-0.05, 0) is 30.7 Å². The minimum atomic E-state index is -0.419. The Bertz CT molecular complexity index is 1150. The number of pyridine rings is 1. The highest BCUT2D eigenvalue weighted by molar-refractivity contribution is 6.08. The van der Waals surface area contributed by atoms with Gasteiger partial charge in [-0.15, -0.1) is 0 Å². The van der Waals surface area contributed by atoms with Crippen LogP contribution in [0.25, 0.3) is 33.2 Å². The molecule has 4 heteroatoms. The van der Waals surface area contributed by atoms with Gasteiger partial charge < -0.3 is 4.42 Å². The van der Waals surface area contributed by atoms with Crippen LogP contribution in [0.2, 0.25) is 0 Å². The molecule has 2 heterocycles. The summed E-state index contributed by atoms with van der Waals surface area (Å²) >= 11 is 0. The SMILES string of the molecule is Cc1cc2c(oc3c(F)cccc32)c(C#N)c1-c1cccc[n+]1C. The molecule has 0 aliphatic carbocycles. The zero-order chi connectivity index (χ0) is 16.8. The van der Waals surface area contributed by atoms with Crippen LogP contribution < -0.4 is 4.57 Å². The summed E-state index contributed by atoms with van der Waals surface area (Å²) < 4.78 is 21.8. The standard InChI is InChI=1S/C20H14FN2O/c1-12-10-14-13-6-5-7-16(21)20(13)24-19(14)15(11-22)18(12)17-8-3-4-9-23(17)2/h3-10H,1-2H3/q+1. The minimum absolute atomic E-state index is 0.193. The number of halogens is 1. The van der Waals surface area contributed by atoms with E-state index in [1.165, 1.54) is 6.07 Å². The number of aromatic nitrogens is 1. The zero-order valence-electron chi connectivity index (χ0n) is 13.3. The molecule has 2 aromatic carbocycles. The van der Waals surface area contributed by atoms with Crippen LogP contribution in [-0.2, 0) is 7.05 Å². The Morgan fingerprint density at radius 2 is 1.92 bits per heavy atom. The maximum Gasteiger partial charge on any atom is 0.214 e. The summed E-state index contributed by atoms with van der Waals surface area (Å²) in [6.07, 6.45) is 1.93. The largest absolute Gasteiger partial charge is 0.452 e. The van der Waals surface area contributed by atoms with Crippen LogP contribution in [0.3, 0.4) is 0 Å². The Labute approximate surface area is 138 Å². The molecule has 0 spiro atoms. The average molecular weight is 317 g/mol. The second kappa shape index (κ2) is 5.17. The fourth-order valence-corrected chi connectivity index (χ4v) is 3.25. The predicted octanol–water partition coefficient (Wildman–Crippen LogP) is 4.40. The van der Waals surface area contributed by atoms with E-state index in [1.54, 1.807) is 6.07 Å². The lowest BCUT2D eigenvalue weighted by atomic mass is 9.95. The number of nitrogens with zero attached hydrogens (tertiary/aromatic N) is 2. The molecule has 0 amide bonds. The molecule has 0 fully saturated rings. The van der Waals surface area contributed by atoms with E-state index < -0.39 is 5.82 Å². The second-order valence-corrected chi connectivity index (χ2v) is 5.85. The Morgan fingerprint density at radius 3 is 2.67 bits per heavy atom. The van der Waals surface area contributed by atoms with Crippen LogP contribution in [-0.4, -0.2) is 0 Å².